The minimum Gasteiger partial charge on any atom is -0.273 e. The molecule has 0 saturated carbocycles. The lowest BCUT2D eigenvalue weighted by molar-refractivity contribution is -0.385. The lowest BCUT2D eigenvalue weighted by Gasteiger charge is -2.18. The minimum absolute atomic E-state index is 0.00171. The fourth-order valence-corrected chi connectivity index (χ4v) is 1.94. The molecule has 0 spiro atoms. The van der Waals surface area contributed by atoms with E-state index in [1.165, 1.54) is 12.1 Å². The smallest absolute Gasteiger partial charge is 0.273 e. The van der Waals surface area contributed by atoms with Crippen LogP contribution in [0.5, 0.6) is 0 Å². The molecule has 0 bridgehead atoms. The number of hydrogen-bond donors (Lipinski definition) is 1. The van der Waals surface area contributed by atoms with E-state index < -0.39 is 4.92 Å². The monoisotopic (exact) mass is 258 g/mol. The fraction of sp³-hybridized carbons (Fsp3) is 0.250. The van der Waals surface area contributed by atoms with Gasteiger partial charge < -0.3 is 0 Å². The Morgan fingerprint density at radius 3 is 2.89 bits per heavy atom. The number of benzene rings is 1. The van der Waals surface area contributed by atoms with Crippen LogP contribution in [0.15, 0.2) is 23.3 Å². The number of hydrazone groups is 1. The van der Waals surface area contributed by atoms with E-state index in [1.54, 1.807) is 12.1 Å². The van der Waals surface area contributed by atoms with Gasteiger partial charge in [-0.1, -0.05) is 13.0 Å². The fourth-order valence-electron chi connectivity index (χ4n) is 1.94. The highest BCUT2D eigenvalue weighted by Crippen LogP contribution is 2.23. The van der Waals surface area contributed by atoms with Crippen molar-refractivity contribution in [2.24, 2.45) is 11.0 Å². The van der Waals surface area contributed by atoms with Gasteiger partial charge in [0, 0.05) is 24.0 Å². The molecule has 0 aromatic heterocycles. The van der Waals surface area contributed by atoms with Crippen LogP contribution in [-0.4, -0.2) is 16.5 Å². The summed E-state index contributed by atoms with van der Waals surface area (Å²) in [6, 6.07) is 6.07. The topological polar surface area (TPSA) is 108 Å². The summed E-state index contributed by atoms with van der Waals surface area (Å²) in [6.07, 6.45) is 0.284. The van der Waals surface area contributed by atoms with Gasteiger partial charge in [0.1, 0.15) is 11.6 Å². The highest BCUT2D eigenvalue weighted by molar-refractivity contribution is 6.06. The number of nitro groups is 1. The maximum atomic E-state index is 11.2. The summed E-state index contributed by atoms with van der Waals surface area (Å²) in [6.45, 7) is 1.82. The quantitative estimate of drug-likeness (QED) is 0.637. The van der Waals surface area contributed by atoms with E-state index in [-0.39, 0.29) is 29.5 Å². The van der Waals surface area contributed by atoms with Crippen LogP contribution < -0.4 is 5.43 Å². The third-order valence-corrected chi connectivity index (χ3v) is 2.87. The van der Waals surface area contributed by atoms with Gasteiger partial charge in [-0.2, -0.15) is 10.4 Å². The molecule has 7 nitrogen and oxygen atoms in total. The number of rotatable bonds is 2. The van der Waals surface area contributed by atoms with Crippen LogP contribution in [0.3, 0.4) is 0 Å². The first-order valence-electron chi connectivity index (χ1n) is 5.58. The van der Waals surface area contributed by atoms with Crippen LogP contribution in [0.2, 0.25) is 0 Å². The molecule has 0 saturated heterocycles. The van der Waals surface area contributed by atoms with Gasteiger partial charge in [-0.05, 0) is 6.07 Å². The van der Waals surface area contributed by atoms with Gasteiger partial charge in [-0.3, -0.25) is 14.9 Å². The number of carbonyl (C=O) groups is 1. The number of nitrogens with zero attached hydrogens (tertiary/aromatic N) is 3. The van der Waals surface area contributed by atoms with Crippen LogP contribution in [0.25, 0.3) is 0 Å². The van der Waals surface area contributed by atoms with E-state index in [2.05, 4.69) is 10.5 Å². The molecular weight excluding hydrogens is 248 g/mol. The molecule has 0 aliphatic carbocycles. The summed E-state index contributed by atoms with van der Waals surface area (Å²) >= 11 is 0. The van der Waals surface area contributed by atoms with Crippen molar-refractivity contribution in [2.45, 2.75) is 13.3 Å². The van der Waals surface area contributed by atoms with E-state index in [9.17, 15) is 14.9 Å². The Kier molecular flexibility index (Phi) is 3.25. The number of hydrogen-bond acceptors (Lipinski definition) is 5. The number of amides is 1. The highest BCUT2D eigenvalue weighted by atomic mass is 16.6. The summed E-state index contributed by atoms with van der Waals surface area (Å²) in [5.74, 6) is -0.305. The van der Waals surface area contributed by atoms with Crippen molar-refractivity contribution in [2.75, 3.05) is 0 Å². The van der Waals surface area contributed by atoms with Gasteiger partial charge in [-0.15, -0.1) is 0 Å². The molecule has 1 amide bonds. The third-order valence-electron chi connectivity index (χ3n) is 2.87. The first kappa shape index (κ1) is 12.7. The number of nitrogens with one attached hydrogen (secondary N) is 1. The van der Waals surface area contributed by atoms with Crippen molar-refractivity contribution in [3.05, 3.63) is 39.4 Å². The number of carbonyl (C=O) groups excluding carboxylic acids is 1. The minimum atomic E-state index is -0.602. The largest absolute Gasteiger partial charge is 0.287 e. The zero-order valence-corrected chi connectivity index (χ0v) is 10.1. The Morgan fingerprint density at radius 2 is 2.32 bits per heavy atom. The second kappa shape index (κ2) is 4.86. The molecule has 19 heavy (non-hydrogen) atoms. The molecule has 1 heterocycles. The van der Waals surface area contributed by atoms with E-state index in [0.29, 0.717) is 11.3 Å². The lowest BCUT2D eigenvalue weighted by Crippen LogP contribution is -2.32. The highest BCUT2D eigenvalue weighted by Gasteiger charge is 2.24. The van der Waals surface area contributed by atoms with Crippen molar-refractivity contribution in [1.82, 2.24) is 5.43 Å². The van der Waals surface area contributed by atoms with E-state index in [4.69, 9.17) is 5.26 Å². The zero-order chi connectivity index (χ0) is 14.0. The predicted octanol–water partition coefficient (Wildman–Crippen LogP) is 1.33. The van der Waals surface area contributed by atoms with E-state index in [0.717, 1.165) is 0 Å². The Labute approximate surface area is 108 Å². The second-order valence-corrected chi connectivity index (χ2v) is 4.24. The molecule has 0 fully saturated rings. The first-order chi connectivity index (χ1) is 9.02. The molecular formula is C12H10N4O3. The Hall–Kier alpha value is -2.75. The second-order valence-electron chi connectivity index (χ2n) is 4.24. The molecule has 1 aliphatic heterocycles. The van der Waals surface area contributed by atoms with Gasteiger partial charge in [0.2, 0.25) is 5.91 Å². The molecule has 7 heteroatoms. The molecule has 1 aromatic rings. The summed E-state index contributed by atoms with van der Waals surface area (Å²) in [4.78, 5) is 21.4. The molecule has 0 radical (unpaired) electrons. The third kappa shape index (κ3) is 2.42. The van der Waals surface area contributed by atoms with Gasteiger partial charge in [0.05, 0.1) is 10.6 Å². The van der Waals surface area contributed by atoms with Gasteiger partial charge in [-0.25, -0.2) is 5.43 Å². The van der Waals surface area contributed by atoms with E-state index in [1.807, 2.05) is 6.92 Å². The van der Waals surface area contributed by atoms with Crippen LogP contribution in [-0.2, 0) is 4.79 Å². The summed E-state index contributed by atoms with van der Waals surface area (Å²) in [5.41, 5.74) is 3.21. The zero-order valence-electron chi connectivity index (χ0n) is 10.1. The van der Waals surface area contributed by atoms with Gasteiger partial charge in [0.25, 0.3) is 5.69 Å². The van der Waals surface area contributed by atoms with Gasteiger partial charge >= 0.3 is 0 Å². The Bertz CT molecular complexity index is 630. The van der Waals surface area contributed by atoms with E-state index >= 15 is 0 Å². The molecule has 1 aliphatic rings. The first-order valence-corrected chi connectivity index (χ1v) is 5.58. The molecule has 96 valence electrons. The average molecular weight is 258 g/mol. The number of nitriles is 1. The average Bonchev–Trinajstić information content (AvgIpc) is 2.38. The van der Waals surface area contributed by atoms with Gasteiger partial charge in [0.15, 0.2) is 0 Å². The SMILES string of the molecule is CC1CC(=O)NN=C1c1ccc(C#N)c([N+](=O)[O-])c1. The molecule has 1 N–H and O–H groups in total. The van der Waals surface area contributed by atoms with Crippen LogP contribution in [0, 0.1) is 27.4 Å². The molecule has 1 atom stereocenters. The summed E-state index contributed by atoms with van der Waals surface area (Å²) in [7, 11) is 0. The maximum absolute atomic E-state index is 11.2. The Balaban J connectivity index is 2.47. The molecule has 1 aromatic carbocycles. The van der Waals surface area contributed by atoms with Crippen LogP contribution in [0.1, 0.15) is 24.5 Å². The Morgan fingerprint density at radius 1 is 1.58 bits per heavy atom. The van der Waals surface area contributed by atoms with Crippen molar-refractivity contribution >= 4 is 17.3 Å². The van der Waals surface area contributed by atoms with Crippen molar-refractivity contribution in [1.29, 1.82) is 5.26 Å². The number of nitro benzene ring substituents is 1. The molecule has 2 rings (SSSR count). The van der Waals surface area contributed by atoms with Crippen LogP contribution in [0.4, 0.5) is 5.69 Å². The predicted molar refractivity (Wildman–Crippen MR) is 66.3 cm³/mol. The lowest BCUT2D eigenvalue weighted by atomic mass is 9.93. The summed E-state index contributed by atoms with van der Waals surface area (Å²) in [5, 5.41) is 23.6. The van der Waals surface area contributed by atoms with Crippen LogP contribution >= 0.6 is 0 Å². The maximum Gasteiger partial charge on any atom is 0.287 e. The molecule has 1 unspecified atom stereocenters. The standard InChI is InChI=1S/C12H10N4O3/c1-7-4-11(17)14-15-12(7)8-2-3-9(6-13)10(5-8)16(18)19/h2-3,5,7H,4H2,1H3,(H,14,17). The normalized spacial score (nSPS) is 18.2. The van der Waals surface area contributed by atoms with Crippen molar-refractivity contribution in [3.8, 4) is 6.07 Å². The summed E-state index contributed by atoms with van der Waals surface area (Å²) < 4.78 is 0. The van der Waals surface area contributed by atoms with Crippen molar-refractivity contribution < 1.29 is 9.72 Å². The van der Waals surface area contributed by atoms with Crippen molar-refractivity contribution in [3.63, 3.8) is 0 Å².